The number of aromatic carboxylic acids is 1. The zero-order valence-electron chi connectivity index (χ0n) is 10.0. The number of aromatic nitrogens is 2. The highest BCUT2D eigenvalue weighted by Gasteiger charge is 2.12. The van der Waals surface area contributed by atoms with Crippen LogP contribution in [0.25, 0.3) is 5.69 Å². The number of carbonyl (C=O) groups is 1. The highest BCUT2D eigenvalue weighted by molar-refractivity contribution is 5.85. The SMILES string of the molecule is COc1cc(-n2nc(C(=O)O)cc2C)ccc1N. The molecule has 18 heavy (non-hydrogen) atoms. The number of methoxy groups -OCH3 is 1. The lowest BCUT2D eigenvalue weighted by Gasteiger charge is -2.08. The van der Waals surface area contributed by atoms with Crippen LogP contribution in [0.2, 0.25) is 0 Å². The van der Waals surface area contributed by atoms with Gasteiger partial charge in [-0.2, -0.15) is 5.10 Å². The Morgan fingerprint density at radius 1 is 1.44 bits per heavy atom. The number of carboxylic acids is 1. The maximum absolute atomic E-state index is 10.9. The molecule has 1 heterocycles. The van der Waals surface area contributed by atoms with Gasteiger partial charge in [-0.05, 0) is 25.1 Å². The van der Waals surface area contributed by atoms with Gasteiger partial charge in [0.1, 0.15) is 5.75 Å². The topological polar surface area (TPSA) is 90.4 Å². The van der Waals surface area contributed by atoms with Gasteiger partial charge in [-0.15, -0.1) is 0 Å². The molecule has 0 aliphatic heterocycles. The molecule has 6 nitrogen and oxygen atoms in total. The van der Waals surface area contributed by atoms with E-state index in [1.54, 1.807) is 25.1 Å². The standard InChI is InChI=1S/C12H13N3O3/c1-7-5-10(12(16)17)14-15(7)8-3-4-9(13)11(6-8)18-2/h3-6H,13H2,1-2H3,(H,16,17). The van der Waals surface area contributed by atoms with Crippen LogP contribution >= 0.6 is 0 Å². The molecule has 0 fully saturated rings. The zero-order valence-corrected chi connectivity index (χ0v) is 10.0. The van der Waals surface area contributed by atoms with Crippen LogP contribution in [-0.2, 0) is 0 Å². The van der Waals surface area contributed by atoms with Gasteiger partial charge in [0.05, 0.1) is 18.5 Å². The molecule has 0 radical (unpaired) electrons. The summed E-state index contributed by atoms with van der Waals surface area (Å²) in [6.45, 7) is 1.78. The van der Waals surface area contributed by atoms with Crippen LogP contribution in [0.15, 0.2) is 24.3 Å². The molecule has 0 aliphatic carbocycles. The summed E-state index contributed by atoms with van der Waals surface area (Å²) in [5.41, 5.74) is 7.66. The van der Waals surface area contributed by atoms with E-state index in [0.29, 0.717) is 17.1 Å². The number of anilines is 1. The summed E-state index contributed by atoms with van der Waals surface area (Å²) in [6, 6.07) is 6.66. The zero-order chi connectivity index (χ0) is 13.3. The van der Waals surface area contributed by atoms with Gasteiger partial charge in [0.15, 0.2) is 5.69 Å². The molecule has 0 unspecified atom stereocenters. The fourth-order valence-corrected chi connectivity index (χ4v) is 1.67. The fraction of sp³-hybridized carbons (Fsp3) is 0.167. The average Bonchev–Trinajstić information content (AvgIpc) is 2.72. The van der Waals surface area contributed by atoms with Gasteiger partial charge in [0, 0.05) is 11.8 Å². The van der Waals surface area contributed by atoms with Crippen molar-refractivity contribution in [2.75, 3.05) is 12.8 Å². The summed E-state index contributed by atoms with van der Waals surface area (Å²) >= 11 is 0. The van der Waals surface area contributed by atoms with Crippen LogP contribution in [0.1, 0.15) is 16.2 Å². The number of aryl methyl sites for hydroxylation is 1. The number of ether oxygens (including phenoxy) is 1. The smallest absolute Gasteiger partial charge is 0.356 e. The maximum Gasteiger partial charge on any atom is 0.356 e. The van der Waals surface area contributed by atoms with Crippen molar-refractivity contribution < 1.29 is 14.6 Å². The summed E-state index contributed by atoms with van der Waals surface area (Å²) < 4.78 is 6.65. The van der Waals surface area contributed by atoms with Crippen LogP contribution in [0.4, 0.5) is 5.69 Å². The summed E-state index contributed by atoms with van der Waals surface area (Å²) in [7, 11) is 1.52. The monoisotopic (exact) mass is 247 g/mol. The number of nitrogens with zero attached hydrogens (tertiary/aromatic N) is 2. The number of benzene rings is 1. The first-order valence-corrected chi connectivity index (χ1v) is 5.26. The minimum absolute atomic E-state index is 0.00305. The van der Waals surface area contributed by atoms with Crippen LogP contribution in [0.5, 0.6) is 5.75 Å². The Balaban J connectivity index is 2.51. The molecule has 1 aromatic heterocycles. The Bertz CT molecular complexity index is 605. The molecular weight excluding hydrogens is 234 g/mol. The Hall–Kier alpha value is -2.50. The van der Waals surface area contributed by atoms with Gasteiger partial charge in [-0.1, -0.05) is 0 Å². The summed E-state index contributed by atoms with van der Waals surface area (Å²) in [5.74, 6) is -0.529. The van der Waals surface area contributed by atoms with Gasteiger partial charge in [-0.25, -0.2) is 9.48 Å². The quantitative estimate of drug-likeness (QED) is 0.801. The third-order valence-corrected chi connectivity index (χ3v) is 2.57. The van der Waals surface area contributed by atoms with Crippen LogP contribution < -0.4 is 10.5 Å². The van der Waals surface area contributed by atoms with E-state index in [1.165, 1.54) is 17.9 Å². The second kappa shape index (κ2) is 4.40. The number of hydrogen-bond acceptors (Lipinski definition) is 4. The maximum atomic E-state index is 10.9. The van der Waals surface area contributed by atoms with E-state index in [1.807, 2.05) is 0 Å². The van der Waals surface area contributed by atoms with Crippen molar-refractivity contribution in [1.82, 2.24) is 9.78 Å². The summed E-state index contributed by atoms with van der Waals surface area (Å²) in [4.78, 5) is 10.9. The molecule has 0 saturated carbocycles. The number of nitrogens with two attached hydrogens (primary N) is 1. The average molecular weight is 247 g/mol. The molecular formula is C12H13N3O3. The van der Waals surface area contributed by atoms with E-state index in [0.717, 1.165) is 5.69 Å². The van der Waals surface area contributed by atoms with Crippen molar-refractivity contribution in [2.45, 2.75) is 6.92 Å². The van der Waals surface area contributed by atoms with Crippen LogP contribution in [-0.4, -0.2) is 28.0 Å². The second-order valence-electron chi connectivity index (χ2n) is 3.81. The Morgan fingerprint density at radius 2 is 2.17 bits per heavy atom. The first-order chi connectivity index (χ1) is 8.52. The van der Waals surface area contributed by atoms with Gasteiger partial charge in [0.2, 0.25) is 0 Å². The predicted octanol–water partition coefficient (Wildman–Crippen LogP) is 1.47. The predicted molar refractivity (Wildman–Crippen MR) is 66.2 cm³/mol. The van der Waals surface area contributed by atoms with Crippen molar-refractivity contribution in [2.24, 2.45) is 0 Å². The van der Waals surface area contributed by atoms with Crippen molar-refractivity contribution >= 4 is 11.7 Å². The van der Waals surface area contributed by atoms with Crippen molar-refractivity contribution in [3.63, 3.8) is 0 Å². The molecule has 6 heteroatoms. The molecule has 0 aliphatic rings. The Labute approximate surface area is 104 Å². The first-order valence-electron chi connectivity index (χ1n) is 5.26. The van der Waals surface area contributed by atoms with Gasteiger partial charge in [-0.3, -0.25) is 0 Å². The van der Waals surface area contributed by atoms with Gasteiger partial charge < -0.3 is 15.6 Å². The summed E-state index contributed by atoms with van der Waals surface area (Å²) in [5, 5.41) is 12.9. The molecule has 0 amide bonds. The third kappa shape index (κ3) is 2.00. The van der Waals surface area contributed by atoms with Gasteiger partial charge in [0.25, 0.3) is 0 Å². The highest BCUT2D eigenvalue weighted by Crippen LogP contribution is 2.24. The lowest BCUT2D eigenvalue weighted by molar-refractivity contribution is 0.0690. The normalized spacial score (nSPS) is 10.3. The van der Waals surface area contributed by atoms with E-state index in [-0.39, 0.29) is 5.69 Å². The number of nitrogen functional groups attached to an aromatic ring is 1. The molecule has 94 valence electrons. The van der Waals surface area contributed by atoms with E-state index in [4.69, 9.17) is 15.6 Å². The Morgan fingerprint density at radius 3 is 2.72 bits per heavy atom. The van der Waals surface area contributed by atoms with Crippen molar-refractivity contribution in [3.05, 3.63) is 35.7 Å². The van der Waals surface area contributed by atoms with E-state index in [2.05, 4.69) is 5.10 Å². The lowest BCUT2D eigenvalue weighted by atomic mass is 10.2. The van der Waals surface area contributed by atoms with E-state index in [9.17, 15) is 4.79 Å². The Kier molecular flexibility index (Phi) is 2.93. The number of hydrogen-bond donors (Lipinski definition) is 2. The molecule has 2 rings (SSSR count). The molecule has 0 atom stereocenters. The van der Waals surface area contributed by atoms with Crippen molar-refractivity contribution in [3.8, 4) is 11.4 Å². The molecule has 0 bridgehead atoms. The van der Waals surface area contributed by atoms with Gasteiger partial charge >= 0.3 is 5.97 Å². The minimum atomic E-state index is -1.06. The second-order valence-corrected chi connectivity index (χ2v) is 3.81. The lowest BCUT2D eigenvalue weighted by Crippen LogP contribution is -2.03. The van der Waals surface area contributed by atoms with Crippen LogP contribution in [0.3, 0.4) is 0 Å². The van der Waals surface area contributed by atoms with Crippen LogP contribution in [0, 0.1) is 6.92 Å². The van der Waals surface area contributed by atoms with Crippen molar-refractivity contribution in [1.29, 1.82) is 0 Å². The number of rotatable bonds is 3. The third-order valence-electron chi connectivity index (χ3n) is 2.57. The number of carboxylic acid groups (broad SMARTS) is 1. The van der Waals surface area contributed by atoms with E-state index < -0.39 is 5.97 Å². The largest absolute Gasteiger partial charge is 0.495 e. The molecule has 0 spiro atoms. The first kappa shape index (κ1) is 12.0. The molecule has 3 N–H and O–H groups in total. The minimum Gasteiger partial charge on any atom is -0.495 e. The van der Waals surface area contributed by atoms with E-state index >= 15 is 0 Å². The fourth-order valence-electron chi connectivity index (χ4n) is 1.67. The summed E-state index contributed by atoms with van der Waals surface area (Å²) in [6.07, 6.45) is 0. The molecule has 0 saturated heterocycles. The molecule has 2 aromatic rings. The molecule has 1 aromatic carbocycles. The highest BCUT2D eigenvalue weighted by atomic mass is 16.5.